The first-order valence-electron chi connectivity index (χ1n) is 5.31. The molecule has 0 radical (unpaired) electrons. The van der Waals surface area contributed by atoms with E-state index in [0.29, 0.717) is 17.6 Å². The average molecular weight is 253 g/mol. The molecule has 17 heavy (non-hydrogen) atoms. The zero-order chi connectivity index (χ0) is 12.6. The number of hydrogen-bond acceptors (Lipinski definition) is 4. The smallest absolute Gasteiger partial charge is 0.215 e. The van der Waals surface area contributed by atoms with E-state index in [2.05, 4.69) is 4.98 Å². The number of rotatable bonds is 3. The molecule has 0 aliphatic heterocycles. The van der Waals surface area contributed by atoms with Gasteiger partial charge in [-0.1, -0.05) is 26.0 Å². The highest BCUT2D eigenvalue weighted by Gasteiger charge is 2.16. The minimum Gasteiger partial charge on any atom is -0.742 e. The summed E-state index contributed by atoms with van der Waals surface area (Å²) in [5, 5.41) is -0.396. The summed E-state index contributed by atoms with van der Waals surface area (Å²) < 4.78 is 35.0. The molecule has 0 N–H and O–H groups in total. The van der Waals surface area contributed by atoms with Gasteiger partial charge < -0.3 is 9.12 Å². The molecule has 1 heterocycles. The predicted molar refractivity (Wildman–Crippen MR) is 62.5 cm³/mol. The monoisotopic (exact) mass is 253 g/mol. The minimum absolute atomic E-state index is 0.230. The van der Waals surface area contributed by atoms with Crippen LogP contribution in [-0.2, 0) is 16.7 Å². The summed E-state index contributed by atoms with van der Waals surface area (Å²) >= 11 is 0. The van der Waals surface area contributed by atoms with Crippen molar-refractivity contribution in [3.8, 4) is 0 Å². The van der Waals surface area contributed by atoms with E-state index in [0.717, 1.165) is 0 Å². The minimum atomic E-state index is -4.54. The summed E-state index contributed by atoms with van der Waals surface area (Å²) in [4.78, 5) is 3.90. The van der Waals surface area contributed by atoms with Gasteiger partial charge in [0.25, 0.3) is 0 Å². The van der Waals surface area contributed by atoms with Crippen LogP contribution in [0.25, 0.3) is 11.0 Å². The molecule has 2 rings (SSSR count). The molecule has 0 saturated carbocycles. The van der Waals surface area contributed by atoms with Crippen molar-refractivity contribution in [1.29, 1.82) is 0 Å². The van der Waals surface area contributed by atoms with E-state index in [1.54, 1.807) is 24.3 Å². The molecule has 2 aromatic rings. The number of benzene rings is 1. The van der Waals surface area contributed by atoms with Crippen LogP contribution >= 0.6 is 0 Å². The molecule has 6 heteroatoms. The lowest BCUT2D eigenvalue weighted by atomic mass is 10.2. The van der Waals surface area contributed by atoms with E-state index in [9.17, 15) is 13.0 Å². The SMILES string of the molecule is CC(C)Cn1c(S(=O)(=O)[O-])nc2ccccc21. The Morgan fingerprint density at radius 1 is 1.35 bits per heavy atom. The molecule has 0 amide bonds. The Morgan fingerprint density at radius 3 is 2.59 bits per heavy atom. The highest BCUT2D eigenvalue weighted by atomic mass is 32.2. The number of aromatic nitrogens is 2. The van der Waals surface area contributed by atoms with Gasteiger partial charge in [0.05, 0.1) is 11.0 Å². The number of para-hydroxylation sites is 2. The van der Waals surface area contributed by atoms with Crippen LogP contribution in [0.5, 0.6) is 0 Å². The first kappa shape index (κ1) is 12.1. The van der Waals surface area contributed by atoms with Gasteiger partial charge in [-0.15, -0.1) is 0 Å². The summed E-state index contributed by atoms with van der Waals surface area (Å²) in [5.74, 6) is 0.230. The van der Waals surface area contributed by atoms with Crippen LogP contribution in [0.1, 0.15) is 13.8 Å². The van der Waals surface area contributed by atoms with Gasteiger partial charge >= 0.3 is 0 Å². The summed E-state index contributed by atoms with van der Waals surface area (Å²) in [6, 6.07) is 7.01. The number of nitrogens with zero attached hydrogens (tertiary/aromatic N) is 2. The highest BCUT2D eigenvalue weighted by molar-refractivity contribution is 7.85. The Hall–Kier alpha value is -1.40. The van der Waals surface area contributed by atoms with Crippen molar-refractivity contribution in [2.75, 3.05) is 0 Å². The van der Waals surface area contributed by atoms with Gasteiger partial charge in [0.15, 0.2) is 10.1 Å². The maximum atomic E-state index is 11.2. The third-order valence-corrected chi connectivity index (χ3v) is 3.15. The van der Waals surface area contributed by atoms with Crippen LogP contribution in [0.2, 0.25) is 0 Å². The second-order valence-electron chi connectivity index (χ2n) is 4.34. The summed E-state index contributed by atoms with van der Waals surface area (Å²) in [6.07, 6.45) is 0. The van der Waals surface area contributed by atoms with Crippen molar-refractivity contribution >= 4 is 21.2 Å². The van der Waals surface area contributed by atoms with Gasteiger partial charge in [-0.05, 0) is 18.1 Å². The average Bonchev–Trinajstić information content (AvgIpc) is 2.56. The van der Waals surface area contributed by atoms with E-state index in [-0.39, 0.29) is 5.92 Å². The predicted octanol–water partition coefficient (Wildman–Crippen LogP) is 1.60. The van der Waals surface area contributed by atoms with Crippen molar-refractivity contribution in [2.24, 2.45) is 5.92 Å². The van der Waals surface area contributed by atoms with E-state index < -0.39 is 15.3 Å². The van der Waals surface area contributed by atoms with Gasteiger partial charge in [0.1, 0.15) is 0 Å². The zero-order valence-electron chi connectivity index (χ0n) is 9.62. The molecule has 0 spiro atoms. The van der Waals surface area contributed by atoms with Gasteiger partial charge in [-0.2, -0.15) is 0 Å². The van der Waals surface area contributed by atoms with Crippen molar-refractivity contribution in [2.45, 2.75) is 25.5 Å². The Labute approximate surface area is 99.8 Å². The molecular formula is C11H13N2O3S-. The molecule has 1 aromatic carbocycles. The maximum absolute atomic E-state index is 11.2. The third-order valence-electron chi connectivity index (χ3n) is 2.39. The van der Waals surface area contributed by atoms with Crippen LogP contribution < -0.4 is 0 Å². The van der Waals surface area contributed by atoms with Gasteiger partial charge in [-0.3, -0.25) is 0 Å². The van der Waals surface area contributed by atoms with Crippen LogP contribution in [0, 0.1) is 5.92 Å². The quantitative estimate of drug-likeness (QED) is 0.778. The first-order valence-corrected chi connectivity index (χ1v) is 6.71. The zero-order valence-corrected chi connectivity index (χ0v) is 10.4. The molecule has 0 atom stereocenters. The number of fused-ring (bicyclic) bond motifs is 1. The van der Waals surface area contributed by atoms with Crippen LogP contribution in [0.4, 0.5) is 0 Å². The van der Waals surface area contributed by atoms with Crippen molar-refractivity contribution in [3.63, 3.8) is 0 Å². The summed E-state index contributed by atoms with van der Waals surface area (Å²) in [6.45, 7) is 4.36. The first-order chi connectivity index (χ1) is 7.89. The Bertz CT molecular complexity index is 644. The fourth-order valence-corrected chi connectivity index (χ4v) is 2.44. The summed E-state index contributed by atoms with van der Waals surface area (Å²) in [7, 11) is -4.54. The lowest BCUT2D eigenvalue weighted by Crippen LogP contribution is -2.13. The molecule has 0 unspecified atom stereocenters. The maximum Gasteiger partial charge on any atom is 0.215 e. The van der Waals surface area contributed by atoms with Gasteiger partial charge in [0.2, 0.25) is 5.16 Å². The largest absolute Gasteiger partial charge is 0.742 e. The van der Waals surface area contributed by atoms with E-state index >= 15 is 0 Å². The molecule has 5 nitrogen and oxygen atoms in total. The summed E-state index contributed by atoms with van der Waals surface area (Å²) in [5.41, 5.74) is 1.21. The van der Waals surface area contributed by atoms with E-state index in [4.69, 9.17) is 0 Å². The van der Waals surface area contributed by atoms with Crippen LogP contribution in [-0.4, -0.2) is 22.5 Å². The van der Waals surface area contributed by atoms with Crippen LogP contribution in [0.3, 0.4) is 0 Å². The van der Waals surface area contributed by atoms with Crippen molar-refractivity contribution in [3.05, 3.63) is 24.3 Å². The van der Waals surface area contributed by atoms with E-state index in [1.165, 1.54) is 4.57 Å². The lowest BCUT2D eigenvalue weighted by molar-refractivity contribution is 0.433. The molecule has 0 aliphatic carbocycles. The number of hydrogen-bond donors (Lipinski definition) is 0. The second-order valence-corrected chi connectivity index (χ2v) is 5.62. The molecule has 92 valence electrons. The normalized spacial score (nSPS) is 12.5. The third kappa shape index (κ3) is 2.32. The lowest BCUT2D eigenvalue weighted by Gasteiger charge is -2.13. The van der Waals surface area contributed by atoms with Gasteiger partial charge in [0, 0.05) is 6.54 Å². The fraction of sp³-hybridized carbons (Fsp3) is 0.364. The topological polar surface area (TPSA) is 75.0 Å². The molecule has 1 aromatic heterocycles. The molecule has 0 bridgehead atoms. The van der Waals surface area contributed by atoms with E-state index in [1.807, 2.05) is 13.8 Å². The standard InChI is InChI=1S/C11H14N2O3S/c1-8(2)7-13-10-6-4-3-5-9(10)12-11(13)17(14,15)16/h3-6,8H,7H2,1-2H3,(H,14,15,16)/p-1. The van der Waals surface area contributed by atoms with Gasteiger partial charge in [-0.25, -0.2) is 13.4 Å². The Kier molecular flexibility index (Phi) is 2.92. The Balaban J connectivity index is 2.74. The fourth-order valence-electron chi connectivity index (χ4n) is 1.79. The Morgan fingerprint density at radius 2 is 2.00 bits per heavy atom. The highest BCUT2D eigenvalue weighted by Crippen LogP contribution is 2.20. The molecule has 0 aliphatic rings. The molecule has 0 fully saturated rings. The van der Waals surface area contributed by atoms with Crippen molar-refractivity contribution < 1.29 is 13.0 Å². The number of imidazole rings is 1. The second kappa shape index (κ2) is 4.12. The van der Waals surface area contributed by atoms with Crippen LogP contribution in [0.15, 0.2) is 29.4 Å². The molecule has 0 saturated heterocycles. The molecular weight excluding hydrogens is 240 g/mol. The van der Waals surface area contributed by atoms with Crippen molar-refractivity contribution in [1.82, 2.24) is 9.55 Å².